The number of nitrogens with zero attached hydrogens (tertiary/aromatic N) is 3. The Bertz CT molecular complexity index is 3520. The zero-order valence-electron chi connectivity index (χ0n) is 34.6. The second-order valence-corrected chi connectivity index (χ2v) is 17.7. The Balaban J connectivity index is 0.988. The van der Waals surface area contributed by atoms with Gasteiger partial charge in [0.1, 0.15) is 0 Å². The van der Waals surface area contributed by atoms with Crippen LogP contribution in [0.15, 0.2) is 234 Å². The summed E-state index contributed by atoms with van der Waals surface area (Å²) < 4.78 is 0. The van der Waals surface area contributed by atoms with E-state index in [0.717, 1.165) is 55.8 Å². The lowest BCUT2D eigenvalue weighted by Crippen LogP contribution is -2.32. The lowest BCUT2D eigenvalue weighted by atomic mass is 9.67. The quantitative estimate of drug-likeness (QED) is 0.162. The van der Waals surface area contributed by atoms with Crippen molar-refractivity contribution in [2.24, 2.45) is 0 Å². The van der Waals surface area contributed by atoms with E-state index >= 15 is 0 Å². The molecule has 0 saturated heterocycles. The van der Waals surface area contributed by atoms with Gasteiger partial charge >= 0.3 is 0 Å². The molecule has 0 unspecified atom stereocenters. The number of fused-ring (bicyclic) bond motifs is 12. The summed E-state index contributed by atoms with van der Waals surface area (Å²) in [5, 5.41) is 3.55. The van der Waals surface area contributed by atoms with Crippen LogP contribution in [-0.4, -0.2) is 15.0 Å². The SMILES string of the molecule is c1ccc(-c2cc(-c3ccc(-c4ccc5c(c4)Sc4cc6c(-c7ccccc7)nc7ccccc7c6cc4C54c5ccccc5-c5ccccc54)cc3)nc(-c3ccccc3)n2)cc1. The largest absolute Gasteiger partial charge is 0.247 e. The van der Waals surface area contributed by atoms with Gasteiger partial charge in [-0.1, -0.05) is 206 Å². The van der Waals surface area contributed by atoms with Gasteiger partial charge < -0.3 is 0 Å². The van der Waals surface area contributed by atoms with Crippen molar-refractivity contribution in [3.63, 3.8) is 0 Å². The highest BCUT2D eigenvalue weighted by molar-refractivity contribution is 7.99. The fraction of sp³-hybridized carbons (Fsp3) is 0.0167. The van der Waals surface area contributed by atoms with Gasteiger partial charge in [-0.25, -0.2) is 15.0 Å². The molecular weight excluding hydrogens is 795 g/mol. The molecule has 11 aromatic rings. The van der Waals surface area contributed by atoms with E-state index in [-0.39, 0.29) is 0 Å². The van der Waals surface area contributed by atoms with Gasteiger partial charge in [0.15, 0.2) is 5.82 Å². The van der Waals surface area contributed by atoms with Gasteiger partial charge in [0.05, 0.1) is 28.0 Å². The number of para-hydroxylation sites is 1. The molecular formula is C60H37N3S. The van der Waals surface area contributed by atoms with Crippen LogP contribution >= 0.6 is 11.8 Å². The first-order valence-corrected chi connectivity index (χ1v) is 22.6. The first kappa shape index (κ1) is 36.7. The summed E-state index contributed by atoms with van der Waals surface area (Å²) in [6, 6.07) is 81.0. The van der Waals surface area contributed by atoms with Gasteiger partial charge in [0.2, 0.25) is 0 Å². The summed E-state index contributed by atoms with van der Waals surface area (Å²) in [7, 11) is 0. The van der Waals surface area contributed by atoms with E-state index in [1.54, 1.807) is 0 Å². The van der Waals surface area contributed by atoms with E-state index in [1.165, 1.54) is 59.5 Å². The Morgan fingerprint density at radius 1 is 0.312 bits per heavy atom. The highest BCUT2D eigenvalue weighted by atomic mass is 32.2. The van der Waals surface area contributed by atoms with Crippen LogP contribution in [0, 0.1) is 0 Å². The monoisotopic (exact) mass is 831 g/mol. The van der Waals surface area contributed by atoms with E-state index < -0.39 is 5.41 Å². The minimum atomic E-state index is -0.517. The first-order valence-electron chi connectivity index (χ1n) is 21.8. The molecule has 3 nitrogen and oxygen atoms in total. The maximum Gasteiger partial charge on any atom is 0.160 e. The Morgan fingerprint density at radius 2 is 0.844 bits per heavy atom. The average molecular weight is 832 g/mol. The number of hydrogen-bond acceptors (Lipinski definition) is 4. The Hall–Kier alpha value is -7.92. The van der Waals surface area contributed by atoms with Crippen LogP contribution in [-0.2, 0) is 5.41 Å². The standard InChI is InChI=1S/C60H37N3S/c1-4-16-39(17-5-1)54-37-55(63-59(62-54)42-20-8-3-9-21-42)40-30-28-38(29-31-40)43-32-33-51-56(34-43)64-57-36-48-47(46-24-12-15-27-53(46)61-58(48)41-18-6-2-7-19-41)35-52(57)60(51)49-25-13-10-22-44(49)45-23-11-14-26-50(45)60/h1-37H. The second-order valence-electron chi connectivity index (χ2n) is 16.7. The summed E-state index contributed by atoms with van der Waals surface area (Å²) in [5.41, 5.74) is 17.7. The van der Waals surface area contributed by atoms with Crippen LogP contribution in [0.5, 0.6) is 0 Å². The Labute approximate surface area is 375 Å². The van der Waals surface area contributed by atoms with E-state index in [1.807, 2.05) is 36.0 Å². The third-order valence-electron chi connectivity index (χ3n) is 13.2. The van der Waals surface area contributed by atoms with E-state index in [9.17, 15) is 0 Å². The highest BCUT2D eigenvalue weighted by Gasteiger charge is 2.50. The number of aromatic nitrogens is 3. The molecule has 0 atom stereocenters. The predicted octanol–water partition coefficient (Wildman–Crippen LogP) is 15.3. The number of rotatable bonds is 5. The van der Waals surface area contributed by atoms with Crippen LogP contribution in [0.2, 0.25) is 0 Å². The average Bonchev–Trinajstić information content (AvgIpc) is 3.66. The van der Waals surface area contributed by atoms with Crippen molar-refractivity contribution < 1.29 is 0 Å². The molecule has 2 aromatic heterocycles. The summed E-state index contributed by atoms with van der Waals surface area (Å²) in [4.78, 5) is 18.0. The van der Waals surface area contributed by atoms with E-state index in [0.29, 0.717) is 5.82 Å². The topological polar surface area (TPSA) is 38.7 Å². The molecule has 0 fully saturated rings. The van der Waals surface area contributed by atoms with Gasteiger partial charge in [0, 0.05) is 42.8 Å². The van der Waals surface area contributed by atoms with Crippen LogP contribution in [0.4, 0.5) is 0 Å². The molecule has 0 N–H and O–H groups in total. The fourth-order valence-corrected chi connectivity index (χ4v) is 11.5. The van der Waals surface area contributed by atoms with Crippen molar-refractivity contribution in [1.29, 1.82) is 0 Å². The van der Waals surface area contributed by atoms with Crippen molar-refractivity contribution in [2.75, 3.05) is 0 Å². The second kappa shape index (κ2) is 14.6. The smallest absolute Gasteiger partial charge is 0.160 e. The Kier molecular flexibility index (Phi) is 8.37. The van der Waals surface area contributed by atoms with Crippen LogP contribution in [0.1, 0.15) is 22.3 Å². The molecule has 0 radical (unpaired) electrons. The zero-order valence-corrected chi connectivity index (χ0v) is 35.4. The molecule has 9 aromatic carbocycles. The van der Waals surface area contributed by atoms with Gasteiger partial charge in [-0.3, -0.25) is 0 Å². The van der Waals surface area contributed by atoms with Gasteiger partial charge in [0.25, 0.3) is 0 Å². The van der Waals surface area contributed by atoms with Crippen molar-refractivity contribution in [3.05, 3.63) is 247 Å². The molecule has 1 aliphatic carbocycles. The summed E-state index contributed by atoms with van der Waals surface area (Å²) in [6.07, 6.45) is 0. The first-order chi connectivity index (χ1) is 31.7. The Morgan fingerprint density at radius 3 is 1.53 bits per heavy atom. The predicted molar refractivity (Wildman–Crippen MR) is 263 cm³/mol. The summed E-state index contributed by atoms with van der Waals surface area (Å²) in [5.74, 6) is 0.713. The molecule has 0 bridgehead atoms. The van der Waals surface area contributed by atoms with E-state index in [4.69, 9.17) is 15.0 Å². The maximum absolute atomic E-state index is 5.33. The minimum absolute atomic E-state index is 0.517. The molecule has 3 heterocycles. The van der Waals surface area contributed by atoms with Crippen LogP contribution < -0.4 is 0 Å². The maximum atomic E-state index is 5.33. The third kappa shape index (κ3) is 5.66. The lowest BCUT2D eigenvalue weighted by molar-refractivity contribution is 0.724. The molecule has 0 amide bonds. The van der Waals surface area contributed by atoms with E-state index in [2.05, 4.69) is 200 Å². The molecule has 1 spiro atoms. The number of hydrogen-bond donors (Lipinski definition) is 0. The van der Waals surface area contributed by atoms with Crippen molar-refractivity contribution in [2.45, 2.75) is 15.2 Å². The molecule has 2 aliphatic rings. The van der Waals surface area contributed by atoms with Crippen molar-refractivity contribution in [1.82, 2.24) is 15.0 Å². The van der Waals surface area contributed by atoms with Gasteiger partial charge in [-0.2, -0.15) is 0 Å². The third-order valence-corrected chi connectivity index (χ3v) is 14.3. The lowest BCUT2D eigenvalue weighted by Gasteiger charge is -2.40. The molecule has 4 heteroatoms. The van der Waals surface area contributed by atoms with Gasteiger partial charge in [-0.05, 0) is 80.2 Å². The van der Waals surface area contributed by atoms with Gasteiger partial charge in [-0.15, -0.1) is 0 Å². The normalized spacial score (nSPS) is 13.1. The fourth-order valence-electron chi connectivity index (χ4n) is 10.2. The minimum Gasteiger partial charge on any atom is -0.247 e. The molecule has 0 saturated carbocycles. The molecule has 298 valence electrons. The summed E-state index contributed by atoms with van der Waals surface area (Å²) >= 11 is 1.88. The molecule has 1 aliphatic heterocycles. The number of pyridine rings is 1. The van der Waals surface area contributed by atoms with Crippen LogP contribution in [0.3, 0.4) is 0 Å². The molecule has 64 heavy (non-hydrogen) atoms. The highest BCUT2D eigenvalue weighted by Crippen LogP contribution is 2.63. The van der Waals surface area contributed by atoms with Crippen molar-refractivity contribution in [3.8, 4) is 67.4 Å². The molecule has 13 rings (SSSR count). The van der Waals surface area contributed by atoms with Crippen LogP contribution in [0.25, 0.3) is 89.1 Å². The zero-order chi connectivity index (χ0) is 42.2. The summed E-state index contributed by atoms with van der Waals surface area (Å²) in [6.45, 7) is 0. The number of benzene rings is 9. The van der Waals surface area contributed by atoms with Crippen molar-refractivity contribution >= 4 is 33.4 Å².